The molecule has 1 aromatic carbocycles. The first kappa shape index (κ1) is 21.7. The number of nitro groups is 1. The number of esters is 1. The van der Waals surface area contributed by atoms with Crippen molar-refractivity contribution in [2.24, 2.45) is 5.73 Å². The third-order valence-electron chi connectivity index (χ3n) is 3.30. The van der Waals surface area contributed by atoms with Gasteiger partial charge in [-0.3, -0.25) is 19.7 Å². The maximum absolute atomic E-state index is 12.4. The monoisotopic (exact) mass is 403 g/mol. The summed E-state index contributed by atoms with van der Waals surface area (Å²) in [6.07, 6.45) is 0.935. The van der Waals surface area contributed by atoms with Gasteiger partial charge in [0.25, 0.3) is 17.5 Å². The molecular weight excluding hydrogens is 386 g/mol. The number of nitrogens with two attached hydrogens (primary N) is 1. The Morgan fingerprint density at radius 2 is 2.08 bits per heavy atom. The number of nitrogens with zero attached hydrogens (tertiary/aromatic N) is 1. The van der Waals surface area contributed by atoms with Crippen LogP contribution in [0.15, 0.2) is 18.2 Å². The van der Waals surface area contributed by atoms with Gasteiger partial charge < -0.3 is 15.8 Å². The van der Waals surface area contributed by atoms with E-state index in [2.05, 4.69) is 5.32 Å². The SMILES string of the molecule is CSCC[C@@H](NC(=O)c1ccc([N+](=O)[O-])cc1Cl)C(=O)O[C@H](C)C(N)=O. The van der Waals surface area contributed by atoms with Gasteiger partial charge in [0.1, 0.15) is 6.04 Å². The van der Waals surface area contributed by atoms with E-state index in [1.807, 2.05) is 6.26 Å². The van der Waals surface area contributed by atoms with Crippen molar-refractivity contribution in [1.29, 1.82) is 0 Å². The molecule has 0 unspecified atom stereocenters. The van der Waals surface area contributed by atoms with E-state index in [9.17, 15) is 24.5 Å². The highest BCUT2D eigenvalue weighted by atomic mass is 35.5. The van der Waals surface area contributed by atoms with Gasteiger partial charge in [-0.2, -0.15) is 11.8 Å². The second-order valence-corrected chi connectivity index (χ2v) is 6.60. The molecule has 11 heteroatoms. The van der Waals surface area contributed by atoms with E-state index in [0.29, 0.717) is 5.75 Å². The Kier molecular flexibility index (Phi) is 8.33. The molecule has 0 saturated heterocycles. The highest BCUT2D eigenvalue weighted by Crippen LogP contribution is 2.22. The zero-order valence-electron chi connectivity index (χ0n) is 14.1. The van der Waals surface area contributed by atoms with Crippen LogP contribution in [0.25, 0.3) is 0 Å². The lowest BCUT2D eigenvalue weighted by Gasteiger charge is -2.19. The number of hydrogen-bond donors (Lipinski definition) is 2. The normalized spacial score (nSPS) is 12.7. The second kappa shape index (κ2) is 9.97. The largest absolute Gasteiger partial charge is 0.451 e. The molecule has 2 atom stereocenters. The molecule has 0 aliphatic heterocycles. The van der Waals surface area contributed by atoms with Gasteiger partial charge in [-0.25, -0.2) is 4.79 Å². The third-order valence-corrected chi connectivity index (χ3v) is 4.26. The number of halogens is 1. The quantitative estimate of drug-likeness (QED) is 0.361. The molecule has 1 aromatic rings. The maximum atomic E-state index is 12.4. The number of non-ortho nitro benzene ring substituents is 1. The van der Waals surface area contributed by atoms with Gasteiger partial charge in [-0.05, 0) is 31.4 Å². The molecule has 0 bridgehead atoms. The lowest BCUT2D eigenvalue weighted by molar-refractivity contribution is -0.384. The maximum Gasteiger partial charge on any atom is 0.329 e. The molecular formula is C15H18ClN3O6S. The van der Waals surface area contributed by atoms with Crippen LogP contribution in [0.3, 0.4) is 0 Å². The van der Waals surface area contributed by atoms with Gasteiger partial charge in [0.2, 0.25) is 0 Å². The Morgan fingerprint density at radius 1 is 1.42 bits per heavy atom. The van der Waals surface area contributed by atoms with Crippen molar-refractivity contribution in [3.05, 3.63) is 38.9 Å². The number of hydrogen-bond acceptors (Lipinski definition) is 7. The summed E-state index contributed by atoms with van der Waals surface area (Å²) in [6, 6.07) is 2.34. The molecule has 0 fully saturated rings. The molecule has 3 N–H and O–H groups in total. The molecule has 0 saturated carbocycles. The fourth-order valence-electron chi connectivity index (χ4n) is 1.84. The van der Waals surface area contributed by atoms with Crippen LogP contribution in [0.1, 0.15) is 23.7 Å². The van der Waals surface area contributed by atoms with E-state index in [0.717, 1.165) is 12.1 Å². The van der Waals surface area contributed by atoms with Gasteiger partial charge in [0.05, 0.1) is 15.5 Å². The molecule has 0 aromatic heterocycles. The fourth-order valence-corrected chi connectivity index (χ4v) is 2.57. The van der Waals surface area contributed by atoms with Crippen LogP contribution in [0.4, 0.5) is 5.69 Å². The predicted molar refractivity (Wildman–Crippen MR) is 97.1 cm³/mol. The minimum absolute atomic E-state index is 0.0258. The van der Waals surface area contributed by atoms with Crippen molar-refractivity contribution in [2.75, 3.05) is 12.0 Å². The standard InChI is InChI=1S/C15H18ClN3O6S/c1-8(13(17)20)25-15(22)12(5-6-26-2)18-14(21)10-4-3-9(19(23)24)7-11(10)16/h3-4,7-8,12H,5-6H2,1-2H3,(H2,17,20)(H,18,21)/t8-,12-/m1/s1. The Hall–Kier alpha value is -2.33. The van der Waals surface area contributed by atoms with E-state index in [4.69, 9.17) is 22.1 Å². The van der Waals surface area contributed by atoms with E-state index in [1.165, 1.54) is 24.8 Å². The molecule has 142 valence electrons. The number of amides is 2. The van der Waals surface area contributed by atoms with Gasteiger partial charge in [-0.15, -0.1) is 0 Å². The zero-order valence-corrected chi connectivity index (χ0v) is 15.6. The summed E-state index contributed by atoms with van der Waals surface area (Å²) in [5, 5.41) is 13.1. The highest BCUT2D eigenvalue weighted by molar-refractivity contribution is 7.98. The summed E-state index contributed by atoms with van der Waals surface area (Å²) in [5.41, 5.74) is 4.77. The number of carbonyl (C=O) groups excluding carboxylic acids is 3. The smallest absolute Gasteiger partial charge is 0.329 e. The van der Waals surface area contributed by atoms with Crippen molar-refractivity contribution in [2.45, 2.75) is 25.5 Å². The summed E-state index contributed by atoms with van der Waals surface area (Å²) in [7, 11) is 0. The van der Waals surface area contributed by atoms with Crippen molar-refractivity contribution in [3.63, 3.8) is 0 Å². The van der Waals surface area contributed by atoms with Crippen molar-refractivity contribution in [3.8, 4) is 0 Å². The molecule has 0 heterocycles. The molecule has 26 heavy (non-hydrogen) atoms. The fraction of sp³-hybridized carbons (Fsp3) is 0.400. The minimum atomic E-state index is -1.14. The van der Waals surface area contributed by atoms with Crippen LogP contribution >= 0.6 is 23.4 Å². The number of ether oxygens (including phenoxy) is 1. The van der Waals surface area contributed by atoms with Crippen LogP contribution in [0, 0.1) is 10.1 Å². The Labute approximate surface area is 158 Å². The van der Waals surface area contributed by atoms with E-state index in [-0.39, 0.29) is 22.7 Å². The average Bonchev–Trinajstić information content (AvgIpc) is 2.57. The first-order valence-electron chi connectivity index (χ1n) is 7.41. The molecule has 0 radical (unpaired) electrons. The average molecular weight is 404 g/mol. The summed E-state index contributed by atoms with van der Waals surface area (Å²) in [5.74, 6) is -1.78. The number of nitro benzene ring substituents is 1. The molecule has 2 amide bonds. The summed E-state index contributed by atoms with van der Waals surface area (Å²) in [4.78, 5) is 45.7. The van der Waals surface area contributed by atoms with Gasteiger partial charge >= 0.3 is 5.97 Å². The first-order chi connectivity index (χ1) is 12.2. The summed E-state index contributed by atoms with van der Waals surface area (Å²) >= 11 is 7.37. The van der Waals surface area contributed by atoms with E-state index >= 15 is 0 Å². The van der Waals surface area contributed by atoms with Crippen LogP contribution in [0.5, 0.6) is 0 Å². The molecule has 1 rings (SSSR count). The van der Waals surface area contributed by atoms with Gasteiger partial charge in [-0.1, -0.05) is 11.6 Å². The predicted octanol–water partition coefficient (Wildman–Crippen LogP) is 1.52. The van der Waals surface area contributed by atoms with Crippen molar-refractivity contribution in [1.82, 2.24) is 5.32 Å². The number of benzene rings is 1. The van der Waals surface area contributed by atoms with Gasteiger partial charge in [0.15, 0.2) is 6.10 Å². The second-order valence-electron chi connectivity index (χ2n) is 5.21. The Morgan fingerprint density at radius 3 is 2.58 bits per heavy atom. The van der Waals surface area contributed by atoms with Crippen LogP contribution in [-0.4, -0.2) is 46.9 Å². The number of carbonyl (C=O) groups is 3. The molecule has 0 aliphatic carbocycles. The first-order valence-corrected chi connectivity index (χ1v) is 9.18. The van der Waals surface area contributed by atoms with Crippen molar-refractivity contribution < 1.29 is 24.0 Å². The third kappa shape index (κ3) is 6.19. The molecule has 0 aliphatic rings. The van der Waals surface area contributed by atoms with Crippen LogP contribution in [-0.2, 0) is 14.3 Å². The molecule has 9 nitrogen and oxygen atoms in total. The lowest BCUT2D eigenvalue weighted by atomic mass is 10.1. The zero-order chi connectivity index (χ0) is 19.9. The number of nitrogens with one attached hydrogen (secondary N) is 1. The number of primary amides is 1. The summed E-state index contributed by atoms with van der Waals surface area (Å²) in [6.45, 7) is 1.32. The topological polar surface area (TPSA) is 142 Å². The Bertz CT molecular complexity index is 715. The number of thioether (sulfide) groups is 1. The van der Waals surface area contributed by atoms with Crippen LogP contribution in [0.2, 0.25) is 5.02 Å². The van der Waals surface area contributed by atoms with Crippen molar-refractivity contribution >= 4 is 46.8 Å². The van der Waals surface area contributed by atoms with E-state index in [1.54, 1.807) is 0 Å². The Balaban J connectivity index is 2.93. The van der Waals surface area contributed by atoms with Gasteiger partial charge in [0, 0.05) is 12.1 Å². The minimum Gasteiger partial charge on any atom is -0.451 e. The molecule has 0 spiro atoms. The summed E-state index contributed by atoms with van der Waals surface area (Å²) < 4.78 is 4.93. The van der Waals surface area contributed by atoms with Crippen LogP contribution < -0.4 is 11.1 Å². The lowest BCUT2D eigenvalue weighted by Crippen LogP contribution is -2.44. The highest BCUT2D eigenvalue weighted by Gasteiger charge is 2.26. The number of rotatable bonds is 9. The van der Waals surface area contributed by atoms with E-state index < -0.39 is 34.9 Å².